The molecule has 128 heavy (non-hydrogen) atoms. The summed E-state index contributed by atoms with van der Waals surface area (Å²) in [5.74, 6) is -3.49. The first-order valence-electron chi connectivity index (χ1n) is 44.3. The molecule has 13 aliphatic rings. The van der Waals surface area contributed by atoms with E-state index in [0.29, 0.717) is 32.1 Å². The standard InChI is InChI=1S/C85H136O43/c1-12-81(8,128-77-68(58(102)53(97)40(26-87)119-77)126-74-63(107)51(95)38(90)29-114-74)19-13-14-32(2)69(110)122-47-24-85(78(111)127-76-67(125-73-62(106)50(94)37(89)28-113-73)60(104)55(99)42(121-76)30-115-70-64(108)56(100)48(92)33(3)117-70)35(22-79(47,4)5)34-15-16-44-82(9)20-18-46(80(6,7)43(82)17-21-83(44,10)84(34,11)23-45(85)91)123-75-66(124-72-61(105)49(93)36(88)27-112-72)59(103)54(98)41(120-75)31-116-71-65(109)57(101)52(96)39(25-86)118-71/h12,14-15,33,35-68,70-77,86-109H,1,13,16-31H2,2-11H3/b32-14+/t33-,35-,36-,37+,38+,39+,40+,41+,42+,43?,44+,45?,46?,47?,48-,49-,50-,51-,52+,53+,54+,55+,56+,57-,58-,59-,60-,61+,62+,63+,64+,65+,66+,67+,68+,70+,71+,72-,73-,74-,75-,76-,77-,81+,82-,83+,84+,85?/m0/s1. The molecule has 0 radical (unpaired) electrons. The van der Waals surface area contributed by atoms with Crippen molar-refractivity contribution in [2.75, 3.05) is 46.2 Å². The summed E-state index contributed by atoms with van der Waals surface area (Å²) in [6, 6.07) is 0. The van der Waals surface area contributed by atoms with Crippen LogP contribution < -0.4 is 0 Å². The van der Waals surface area contributed by atoms with Crippen molar-refractivity contribution in [3.8, 4) is 0 Å². The summed E-state index contributed by atoms with van der Waals surface area (Å²) >= 11 is 0. The molecule has 0 aromatic rings. The van der Waals surface area contributed by atoms with E-state index in [-0.39, 0.29) is 43.1 Å². The van der Waals surface area contributed by atoms with Crippen molar-refractivity contribution in [2.24, 2.45) is 50.2 Å². The maximum Gasteiger partial charge on any atom is 0.333 e. The molecule has 8 saturated heterocycles. The van der Waals surface area contributed by atoms with Gasteiger partial charge in [-0.2, -0.15) is 0 Å². The molecular formula is C85H136O43. The summed E-state index contributed by atoms with van der Waals surface area (Å²) in [5, 5.41) is 265. The van der Waals surface area contributed by atoms with Crippen molar-refractivity contribution in [1.29, 1.82) is 0 Å². The number of aliphatic hydroxyl groups is 24. The van der Waals surface area contributed by atoms with Crippen molar-refractivity contribution >= 4 is 11.9 Å². The average Bonchev–Trinajstić information content (AvgIpc) is 0.667. The van der Waals surface area contributed by atoms with Gasteiger partial charge in [-0.15, -0.1) is 6.58 Å². The third-order valence-corrected chi connectivity index (χ3v) is 31.0. The van der Waals surface area contributed by atoms with Gasteiger partial charge in [-0.3, -0.25) is 4.79 Å². The minimum absolute atomic E-state index is 0.00127. The summed E-state index contributed by atoms with van der Waals surface area (Å²) in [5.41, 5.74) is -7.06. The molecule has 0 aromatic heterocycles. The second kappa shape index (κ2) is 39.6. The molecule has 0 spiro atoms. The lowest BCUT2D eigenvalue weighted by molar-refractivity contribution is -0.376. The monoisotopic (exact) mass is 1840 g/mol. The lowest BCUT2D eigenvalue weighted by Crippen LogP contribution is -2.70. The zero-order valence-corrected chi connectivity index (χ0v) is 73.3. The Hall–Kier alpha value is -3.40. The molecular weight excluding hydrogens is 1710 g/mol. The molecule has 0 bridgehead atoms. The number of hydrogen-bond acceptors (Lipinski definition) is 43. The van der Waals surface area contributed by atoms with E-state index in [1.165, 1.54) is 26.0 Å². The number of carbonyl (C=O) groups is 2. The predicted octanol–water partition coefficient (Wildman–Crippen LogP) is -7.64. The Bertz CT molecular complexity index is 3810. The average molecular weight is 1850 g/mol. The smallest absolute Gasteiger partial charge is 0.333 e. The van der Waals surface area contributed by atoms with E-state index >= 15 is 9.59 Å². The predicted molar refractivity (Wildman–Crippen MR) is 424 cm³/mol. The highest BCUT2D eigenvalue weighted by atomic mass is 16.8. The van der Waals surface area contributed by atoms with E-state index < -0.39 is 354 Å². The van der Waals surface area contributed by atoms with E-state index in [9.17, 15) is 123 Å². The molecule has 43 heteroatoms. The van der Waals surface area contributed by atoms with Gasteiger partial charge in [0.1, 0.15) is 176 Å². The van der Waals surface area contributed by atoms with E-state index in [2.05, 4.69) is 33.4 Å². The normalized spacial score (nSPS) is 51.4. The van der Waals surface area contributed by atoms with Crippen molar-refractivity contribution < 1.29 is 213 Å². The van der Waals surface area contributed by atoms with Crippen molar-refractivity contribution in [3.05, 3.63) is 36.0 Å². The Morgan fingerprint density at radius 2 is 0.938 bits per heavy atom. The van der Waals surface area contributed by atoms with Gasteiger partial charge in [0.05, 0.1) is 70.2 Å². The molecule has 24 N–H and O–H groups in total. The lowest BCUT2D eigenvalue weighted by atomic mass is 9.33. The highest BCUT2D eigenvalue weighted by molar-refractivity contribution is 5.88. The molecule has 12 fully saturated rings. The first-order valence-corrected chi connectivity index (χ1v) is 44.3. The first-order chi connectivity index (χ1) is 60.0. The highest BCUT2D eigenvalue weighted by Crippen LogP contribution is 2.76. The number of esters is 2. The van der Waals surface area contributed by atoms with Gasteiger partial charge >= 0.3 is 11.9 Å². The Labute approximate surface area is 739 Å². The van der Waals surface area contributed by atoms with Crippen LogP contribution in [0.15, 0.2) is 36.0 Å². The minimum Gasteiger partial charge on any atom is -0.458 e. The van der Waals surface area contributed by atoms with Gasteiger partial charge in [-0.25, -0.2) is 4.79 Å². The third kappa shape index (κ3) is 18.9. The fourth-order valence-electron chi connectivity index (χ4n) is 22.6. The second-order valence-electron chi connectivity index (χ2n) is 39.7. The van der Waals surface area contributed by atoms with Crippen LogP contribution in [0.2, 0.25) is 0 Å². The quantitative estimate of drug-likeness (QED) is 0.0166. The molecule has 8 aliphatic heterocycles. The van der Waals surface area contributed by atoms with Crippen LogP contribution in [-0.4, -0.2) is 432 Å². The molecule has 5 unspecified atom stereocenters. The van der Waals surface area contributed by atoms with Crippen LogP contribution in [-0.2, 0) is 90.1 Å². The largest absolute Gasteiger partial charge is 0.458 e. The second-order valence-corrected chi connectivity index (χ2v) is 39.7. The molecule has 43 nitrogen and oxygen atoms in total. The molecule has 8 heterocycles. The van der Waals surface area contributed by atoms with Gasteiger partial charge in [-0.1, -0.05) is 72.3 Å². The van der Waals surface area contributed by atoms with Crippen LogP contribution in [0.3, 0.4) is 0 Å². The number of rotatable bonds is 26. The Kier molecular flexibility index (Phi) is 31.6. The SMILES string of the molecule is C=C[C@](C)(CC/C=C(\C)C(=O)OC1CC2(C(=O)O[C@@H]3O[C@H](CO[C@@H]4O[C@@H](C)[C@H](O)[C@@H](O)[C@H]4O)[C@@H](O)[C@H](O)[C@H]3O[C@@H]3OC[C@@H](O)[C@H](O)[C@H]3O)C(O)C[C@]3(C)C(=CC[C@@H]4[C@@]5(C)CCC(O[C@@H]6O[C@H](CO[C@@H]7O[C@H](CO)[C@@H](O)[C@H](O)[C@H]7O)[C@@H](O)[C@H](O)[C@H]6O[C@@H]6OC[C@H](O)[C@H](O)[C@H]6O)C(C)(C)C5CC[C@]43C)[C@@H]2CC1(C)C)O[C@@H]1O[C@H](CO)[C@@H](O)[C@H](O)[C@H]1O[C@@H]1OC[C@@H](O)[C@H](O)[C@H]1O. The number of fused-ring (bicyclic) bond motifs is 7. The van der Waals surface area contributed by atoms with Gasteiger partial charge in [-0.05, 0) is 118 Å². The molecule has 734 valence electrons. The van der Waals surface area contributed by atoms with E-state index in [1.807, 2.05) is 27.7 Å². The number of aliphatic hydroxyl groups excluding tert-OH is 24. The summed E-state index contributed by atoms with van der Waals surface area (Å²) in [7, 11) is 0. The van der Waals surface area contributed by atoms with Crippen LogP contribution in [0.5, 0.6) is 0 Å². The zero-order valence-electron chi connectivity index (χ0n) is 73.3. The number of ether oxygens (including phenoxy) is 17. The van der Waals surface area contributed by atoms with Crippen molar-refractivity contribution in [1.82, 2.24) is 0 Å². The minimum atomic E-state index is -2.19. The molecule has 0 amide bonds. The lowest BCUT2D eigenvalue weighted by Gasteiger charge is -2.72. The Morgan fingerprint density at radius 1 is 0.484 bits per heavy atom. The van der Waals surface area contributed by atoms with Crippen molar-refractivity contribution in [3.63, 3.8) is 0 Å². The molecule has 0 aromatic carbocycles. The first kappa shape index (κ1) is 102. The van der Waals surface area contributed by atoms with E-state index in [0.717, 1.165) is 5.57 Å². The van der Waals surface area contributed by atoms with E-state index in [4.69, 9.17) is 80.5 Å². The van der Waals surface area contributed by atoms with Gasteiger partial charge in [0.15, 0.2) is 50.1 Å². The molecule has 4 saturated carbocycles. The maximum atomic E-state index is 16.7. The Balaban J connectivity index is 0.799. The number of hydrogen-bond donors (Lipinski definition) is 24. The molecule has 48 atom stereocenters. The van der Waals surface area contributed by atoms with Crippen LogP contribution in [0.4, 0.5) is 0 Å². The van der Waals surface area contributed by atoms with Crippen LogP contribution in [0, 0.1) is 50.2 Å². The molecule has 13 rings (SSSR count). The Morgan fingerprint density at radius 3 is 1.45 bits per heavy atom. The fraction of sp³-hybridized carbons (Fsp3) is 0.906. The van der Waals surface area contributed by atoms with Crippen molar-refractivity contribution in [2.45, 2.75) is 385 Å². The zero-order chi connectivity index (χ0) is 93.8. The van der Waals surface area contributed by atoms with E-state index in [1.54, 1.807) is 6.92 Å². The summed E-state index contributed by atoms with van der Waals surface area (Å²) in [6.07, 6.45) is -61.9. The molecule has 5 aliphatic carbocycles. The topological polar surface area (TPSA) is 677 Å². The van der Waals surface area contributed by atoms with Gasteiger partial charge < -0.3 is 203 Å². The fourth-order valence-corrected chi connectivity index (χ4v) is 22.6. The highest BCUT2D eigenvalue weighted by Gasteiger charge is 2.74. The van der Waals surface area contributed by atoms with Crippen LogP contribution in [0.25, 0.3) is 0 Å². The third-order valence-electron chi connectivity index (χ3n) is 31.0. The number of carbonyl (C=O) groups excluding carboxylic acids is 2. The van der Waals surface area contributed by atoms with Crippen LogP contribution >= 0.6 is 0 Å². The van der Waals surface area contributed by atoms with Gasteiger partial charge in [0, 0.05) is 17.4 Å². The number of allylic oxidation sites excluding steroid dienone is 3. The summed E-state index contributed by atoms with van der Waals surface area (Å²) < 4.78 is 103. The maximum absolute atomic E-state index is 16.7. The summed E-state index contributed by atoms with van der Waals surface area (Å²) in [4.78, 5) is 31.7. The van der Waals surface area contributed by atoms with Gasteiger partial charge in [0.2, 0.25) is 6.29 Å². The summed E-state index contributed by atoms with van der Waals surface area (Å²) in [6.45, 7) is 17.9. The van der Waals surface area contributed by atoms with Crippen LogP contribution in [0.1, 0.15) is 133 Å². The van der Waals surface area contributed by atoms with Gasteiger partial charge in [0.25, 0.3) is 0 Å².